The van der Waals surface area contributed by atoms with Crippen molar-refractivity contribution in [1.29, 1.82) is 0 Å². The molecule has 1 aliphatic carbocycles. The molecule has 0 bridgehead atoms. The SMILES string of the molecule is CB1OC(C)(C)C(C)(C)O1.CC(C)N(NC=O)C(=O)C1CCCCC1c1ncc(-c2ccc3ccccc3c2)[nH]1.COC. The Balaban J connectivity index is 0.000000325. The molecular weight excluding hydrogens is 543 g/mol. The minimum Gasteiger partial charge on any atom is -0.403 e. The van der Waals surface area contributed by atoms with E-state index in [0.717, 1.165) is 42.8 Å². The smallest absolute Gasteiger partial charge is 0.403 e. The average Bonchev–Trinajstić information content (AvgIpc) is 3.52. The van der Waals surface area contributed by atoms with Crippen molar-refractivity contribution in [3.63, 3.8) is 0 Å². The normalized spacial score (nSPS) is 20.5. The van der Waals surface area contributed by atoms with Crippen LogP contribution in [0.4, 0.5) is 0 Å². The molecule has 2 atom stereocenters. The minimum atomic E-state index is -0.191. The third kappa shape index (κ3) is 8.46. The summed E-state index contributed by atoms with van der Waals surface area (Å²) in [5, 5.41) is 3.84. The highest BCUT2D eigenvalue weighted by Gasteiger charge is 2.48. The zero-order valence-corrected chi connectivity index (χ0v) is 27.3. The number of nitrogens with zero attached hydrogens (tertiary/aromatic N) is 2. The minimum absolute atomic E-state index is 0.0233. The molecule has 2 aromatic carbocycles. The van der Waals surface area contributed by atoms with Crippen molar-refractivity contribution >= 4 is 30.2 Å². The summed E-state index contributed by atoms with van der Waals surface area (Å²) in [5.41, 5.74) is 4.29. The second-order valence-corrected chi connectivity index (χ2v) is 12.5. The zero-order chi connectivity index (χ0) is 31.8. The van der Waals surface area contributed by atoms with E-state index in [-0.39, 0.29) is 42.1 Å². The molecule has 2 N–H and O–H groups in total. The van der Waals surface area contributed by atoms with Gasteiger partial charge in [-0.15, -0.1) is 0 Å². The van der Waals surface area contributed by atoms with Gasteiger partial charge in [0.2, 0.25) is 12.3 Å². The van der Waals surface area contributed by atoms with Gasteiger partial charge in [0.25, 0.3) is 0 Å². The number of hydrogen-bond donors (Lipinski definition) is 2. The fourth-order valence-corrected chi connectivity index (χ4v) is 5.62. The van der Waals surface area contributed by atoms with Crippen molar-refractivity contribution in [2.75, 3.05) is 14.2 Å². The number of carbonyl (C=O) groups excluding carboxylic acids is 2. The third-order valence-corrected chi connectivity index (χ3v) is 8.41. The maximum atomic E-state index is 13.2. The largest absolute Gasteiger partial charge is 0.454 e. The molecule has 234 valence electrons. The van der Waals surface area contributed by atoms with Gasteiger partial charge in [0, 0.05) is 37.7 Å². The van der Waals surface area contributed by atoms with Crippen LogP contribution in [0.2, 0.25) is 6.82 Å². The van der Waals surface area contributed by atoms with Crippen LogP contribution in [0.5, 0.6) is 0 Å². The van der Waals surface area contributed by atoms with Gasteiger partial charge < -0.3 is 19.0 Å². The van der Waals surface area contributed by atoms with E-state index in [1.54, 1.807) is 14.2 Å². The maximum absolute atomic E-state index is 13.2. The van der Waals surface area contributed by atoms with E-state index < -0.39 is 0 Å². The summed E-state index contributed by atoms with van der Waals surface area (Å²) >= 11 is 0. The van der Waals surface area contributed by atoms with Gasteiger partial charge in [0.05, 0.1) is 23.1 Å². The van der Waals surface area contributed by atoms with Crippen LogP contribution in [0, 0.1) is 5.92 Å². The standard InChI is InChI=1S/C24H28N4O2.C7H15BO2.C2H6O/c1-16(2)28(26-15-29)24(30)21-10-6-5-9-20(21)23-25-14-22(27-23)19-12-11-17-7-3-4-8-18(17)13-19;1-6(2)7(3,4)10-8(5)9-6;1-3-2/h3-4,7-8,11-16,20-21H,5-6,9-10H2,1-2H3,(H,25,27)(H,26,29);1-5H3;1-2H3. The van der Waals surface area contributed by atoms with Crippen LogP contribution in [-0.2, 0) is 23.6 Å². The number of carbonyl (C=O) groups is 2. The van der Waals surface area contributed by atoms with Crippen molar-refractivity contribution in [3.8, 4) is 11.3 Å². The quantitative estimate of drug-likeness (QED) is 0.196. The zero-order valence-electron chi connectivity index (χ0n) is 27.3. The van der Waals surface area contributed by atoms with E-state index in [1.165, 1.54) is 15.8 Å². The molecule has 3 aromatic rings. The summed E-state index contributed by atoms with van der Waals surface area (Å²) in [6.45, 7) is 13.9. The Morgan fingerprint density at radius 1 is 1.07 bits per heavy atom. The molecule has 2 aliphatic rings. The number of nitrogens with one attached hydrogen (secondary N) is 2. The summed E-state index contributed by atoms with van der Waals surface area (Å²) in [4.78, 5) is 32.3. The Morgan fingerprint density at radius 2 is 1.67 bits per heavy atom. The Hall–Kier alpha value is -3.21. The van der Waals surface area contributed by atoms with Crippen molar-refractivity contribution < 1.29 is 23.6 Å². The van der Waals surface area contributed by atoms with Gasteiger partial charge in [0.1, 0.15) is 5.82 Å². The lowest BCUT2D eigenvalue weighted by atomic mass is 9.78. The van der Waals surface area contributed by atoms with Crippen LogP contribution in [0.3, 0.4) is 0 Å². The molecule has 1 aromatic heterocycles. The molecular formula is C33H49BN4O5. The second-order valence-electron chi connectivity index (χ2n) is 12.5. The number of H-pyrrole nitrogens is 1. The first kappa shape index (κ1) is 34.3. The number of hydrazine groups is 1. The maximum Gasteiger partial charge on any atom is 0.454 e. The lowest BCUT2D eigenvalue weighted by Crippen LogP contribution is -2.50. The van der Waals surface area contributed by atoms with Gasteiger partial charge in [-0.3, -0.25) is 20.0 Å². The summed E-state index contributed by atoms with van der Waals surface area (Å²) in [5.74, 6) is 0.649. The number of fused-ring (bicyclic) bond motifs is 1. The summed E-state index contributed by atoms with van der Waals surface area (Å²) in [6.07, 6.45) is 6.23. The second kappa shape index (κ2) is 15.0. The van der Waals surface area contributed by atoms with Crippen LogP contribution in [0.1, 0.15) is 79.0 Å². The van der Waals surface area contributed by atoms with E-state index in [0.29, 0.717) is 6.41 Å². The van der Waals surface area contributed by atoms with Crippen LogP contribution >= 0.6 is 0 Å². The number of aromatic nitrogens is 2. The van der Waals surface area contributed by atoms with Crippen molar-refractivity contribution in [2.45, 2.75) is 97.2 Å². The van der Waals surface area contributed by atoms with E-state index in [2.05, 4.69) is 78.2 Å². The van der Waals surface area contributed by atoms with E-state index in [4.69, 9.17) is 9.31 Å². The molecule has 1 saturated carbocycles. The molecule has 2 amide bonds. The summed E-state index contributed by atoms with van der Waals surface area (Å²) < 4.78 is 15.3. The summed E-state index contributed by atoms with van der Waals surface area (Å²) in [7, 11) is 3.19. The van der Waals surface area contributed by atoms with Gasteiger partial charge >= 0.3 is 7.12 Å². The number of hydrogen-bond acceptors (Lipinski definition) is 6. The van der Waals surface area contributed by atoms with Gasteiger partial charge in [-0.25, -0.2) is 4.98 Å². The molecule has 9 nitrogen and oxygen atoms in total. The molecule has 43 heavy (non-hydrogen) atoms. The lowest BCUT2D eigenvalue weighted by molar-refractivity contribution is -0.145. The Bertz CT molecular complexity index is 1330. The molecule has 5 rings (SSSR count). The first-order valence-corrected chi connectivity index (χ1v) is 15.2. The fourth-order valence-electron chi connectivity index (χ4n) is 5.62. The molecule has 1 saturated heterocycles. The van der Waals surface area contributed by atoms with Crippen LogP contribution in [0.25, 0.3) is 22.0 Å². The Morgan fingerprint density at radius 3 is 2.23 bits per heavy atom. The first-order chi connectivity index (χ1) is 20.3. The highest BCUT2D eigenvalue weighted by molar-refractivity contribution is 6.43. The number of rotatable bonds is 6. The van der Waals surface area contributed by atoms with Crippen molar-refractivity contribution in [3.05, 3.63) is 54.5 Å². The van der Waals surface area contributed by atoms with Crippen LogP contribution in [0.15, 0.2) is 48.7 Å². The van der Waals surface area contributed by atoms with Gasteiger partial charge in [-0.1, -0.05) is 49.2 Å². The van der Waals surface area contributed by atoms with Crippen LogP contribution in [-0.4, -0.2) is 65.9 Å². The summed E-state index contributed by atoms with van der Waals surface area (Å²) in [6, 6.07) is 14.5. The van der Waals surface area contributed by atoms with Crippen molar-refractivity contribution in [2.24, 2.45) is 5.92 Å². The number of methoxy groups -OCH3 is 1. The molecule has 2 fully saturated rings. The molecule has 0 radical (unpaired) electrons. The number of imidazole rings is 1. The molecule has 0 spiro atoms. The lowest BCUT2D eigenvalue weighted by Gasteiger charge is -2.35. The molecule has 10 heteroatoms. The number of benzene rings is 2. The molecule has 1 aliphatic heterocycles. The van der Waals surface area contributed by atoms with E-state index in [1.807, 2.05) is 39.0 Å². The molecule has 2 unspecified atom stereocenters. The third-order valence-electron chi connectivity index (χ3n) is 8.41. The van der Waals surface area contributed by atoms with E-state index in [9.17, 15) is 9.59 Å². The monoisotopic (exact) mass is 592 g/mol. The Kier molecular flexibility index (Phi) is 12.0. The topological polar surface area (TPSA) is 106 Å². The van der Waals surface area contributed by atoms with Crippen molar-refractivity contribution in [1.82, 2.24) is 20.4 Å². The van der Waals surface area contributed by atoms with Crippen LogP contribution < -0.4 is 5.43 Å². The highest BCUT2D eigenvalue weighted by atomic mass is 16.7. The average molecular weight is 593 g/mol. The van der Waals surface area contributed by atoms with Gasteiger partial charge in [0.15, 0.2) is 0 Å². The predicted octanol–water partition coefficient (Wildman–Crippen LogP) is 6.37. The van der Waals surface area contributed by atoms with Gasteiger partial charge in [-0.2, -0.15) is 0 Å². The Labute approximate surface area is 257 Å². The number of ether oxygens (including phenoxy) is 1. The fraction of sp³-hybridized carbons (Fsp3) is 0.545. The van der Waals surface area contributed by atoms with Gasteiger partial charge in [-0.05, 0) is 78.0 Å². The predicted molar refractivity (Wildman–Crippen MR) is 172 cm³/mol. The number of aromatic amines is 1. The highest BCUT2D eigenvalue weighted by Crippen LogP contribution is 2.39. The first-order valence-electron chi connectivity index (χ1n) is 15.2. The number of amides is 2. The van der Waals surface area contributed by atoms with E-state index >= 15 is 0 Å². The molecule has 2 heterocycles.